The molecule has 0 aliphatic carbocycles. The van der Waals surface area contributed by atoms with Crippen LogP contribution in [0.3, 0.4) is 0 Å². The van der Waals surface area contributed by atoms with Gasteiger partial charge >= 0.3 is 0 Å². The van der Waals surface area contributed by atoms with Crippen LogP contribution in [0.5, 0.6) is 0 Å². The van der Waals surface area contributed by atoms with Crippen LogP contribution in [-0.4, -0.2) is 0 Å². The van der Waals surface area contributed by atoms with Crippen LogP contribution in [0.15, 0.2) is 61.3 Å². The van der Waals surface area contributed by atoms with E-state index >= 15 is 0 Å². The molecule has 0 amide bonds. The summed E-state index contributed by atoms with van der Waals surface area (Å²) in [5, 5.41) is 0. The standard InChI is InChI=1S/C11H14.C2H6/c1-5-8-11(9-6-2)10(4)7-3;1-2/h5-9H,1,3-4H2,2H3;1-2H3/b9-6-,11-8-;. The molecule has 0 aromatic heterocycles. The average Bonchev–Trinajstić information content (AvgIpc) is 2.19. The Hall–Kier alpha value is -1.30. The molecule has 0 fully saturated rings. The van der Waals surface area contributed by atoms with Crippen molar-refractivity contribution in [3.8, 4) is 0 Å². The predicted molar refractivity (Wildman–Crippen MR) is 63.8 cm³/mol. The molecule has 0 aliphatic heterocycles. The minimum Gasteiger partial charge on any atom is -0.0990 e. The summed E-state index contributed by atoms with van der Waals surface area (Å²) in [5.74, 6) is 0. The summed E-state index contributed by atoms with van der Waals surface area (Å²) in [7, 11) is 0. The summed E-state index contributed by atoms with van der Waals surface area (Å²) in [6.07, 6.45) is 9.32. The van der Waals surface area contributed by atoms with Crippen molar-refractivity contribution in [1.82, 2.24) is 0 Å². The molecule has 0 saturated carbocycles. The van der Waals surface area contributed by atoms with E-state index in [0.29, 0.717) is 0 Å². The van der Waals surface area contributed by atoms with Gasteiger partial charge in [-0.2, -0.15) is 0 Å². The van der Waals surface area contributed by atoms with Crippen LogP contribution < -0.4 is 0 Å². The van der Waals surface area contributed by atoms with Crippen molar-refractivity contribution in [1.29, 1.82) is 0 Å². The Morgan fingerprint density at radius 2 is 1.69 bits per heavy atom. The molecule has 0 unspecified atom stereocenters. The lowest BCUT2D eigenvalue weighted by atomic mass is 10.1. The molecule has 0 rings (SSSR count). The molecule has 0 N–H and O–H groups in total. The molecule has 0 heterocycles. The molecule has 0 heteroatoms. The molecule has 0 nitrogen and oxygen atoms in total. The molecule has 0 aliphatic rings. The van der Waals surface area contributed by atoms with E-state index in [4.69, 9.17) is 0 Å². The van der Waals surface area contributed by atoms with E-state index < -0.39 is 0 Å². The smallest absolute Gasteiger partial charge is 0.0194 e. The van der Waals surface area contributed by atoms with Gasteiger partial charge in [0.1, 0.15) is 0 Å². The van der Waals surface area contributed by atoms with Gasteiger partial charge in [0, 0.05) is 0 Å². The lowest BCUT2D eigenvalue weighted by molar-refractivity contribution is 1.50. The van der Waals surface area contributed by atoms with Crippen molar-refractivity contribution in [2.45, 2.75) is 20.8 Å². The largest absolute Gasteiger partial charge is 0.0990 e. The molecular formula is C13H20. The van der Waals surface area contributed by atoms with Crippen molar-refractivity contribution in [2.75, 3.05) is 0 Å². The molecule has 0 aromatic rings. The predicted octanol–water partition coefficient (Wildman–Crippen LogP) is 4.44. The number of allylic oxidation sites excluding steroid dienone is 7. The summed E-state index contributed by atoms with van der Waals surface area (Å²) in [6.45, 7) is 17.0. The average molecular weight is 176 g/mol. The first kappa shape index (κ1) is 14.2. The van der Waals surface area contributed by atoms with E-state index in [1.807, 2.05) is 39.0 Å². The summed E-state index contributed by atoms with van der Waals surface area (Å²) in [5.41, 5.74) is 1.97. The second kappa shape index (κ2) is 10.7. The fourth-order valence-corrected chi connectivity index (χ4v) is 0.694. The van der Waals surface area contributed by atoms with Gasteiger partial charge in [-0.05, 0) is 18.1 Å². The normalized spacial score (nSPS) is 10.2. The van der Waals surface area contributed by atoms with Crippen molar-refractivity contribution in [3.63, 3.8) is 0 Å². The Balaban J connectivity index is 0. The maximum atomic E-state index is 3.83. The lowest BCUT2D eigenvalue weighted by Gasteiger charge is -1.97. The zero-order chi connectivity index (χ0) is 10.7. The molecule has 0 aromatic carbocycles. The topological polar surface area (TPSA) is 0 Å². The van der Waals surface area contributed by atoms with Crippen LogP contribution in [0.25, 0.3) is 0 Å². The van der Waals surface area contributed by atoms with Crippen LogP contribution in [-0.2, 0) is 0 Å². The molecule has 72 valence electrons. The molecule has 0 bridgehead atoms. The van der Waals surface area contributed by atoms with Crippen LogP contribution >= 0.6 is 0 Å². The van der Waals surface area contributed by atoms with E-state index in [-0.39, 0.29) is 0 Å². The minimum absolute atomic E-state index is 0.919. The third-order valence-corrected chi connectivity index (χ3v) is 1.26. The Morgan fingerprint density at radius 1 is 1.15 bits per heavy atom. The first-order valence-corrected chi connectivity index (χ1v) is 4.53. The Morgan fingerprint density at radius 3 is 2.00 bits per heavy atom. The maximum absolute atomic E-state index is 3.83. The van der Waals surface area contributed by atoms with Gasteiger partial charge in [0.2, 0.25) is 0 Å². The SMILES string of the molecule is C=C/C=C(/C=C\C)C(=C)C=C.CC. The van der Waals surface area contributed by atoms with E-state index in [1.165, 1.54) is 0 Å². The minimum atomic E-state index is 0.919. The second-order valence-corrected chi connectivity index (χ2v) is 2.09. The summed E-state index contributed by atoms with van der Waals surface area (Å²) in [4.78, 5) is 0. The van der Waals surface area contributed by atoms with Crippen molar-refractivity contribution >= 4 is 0 Å². The molecule has 0 atom stereocenters. The highest BCUT2D eigenvalue weighted by Crippen LogP contribution is 2.09. The first-order chi connectivity index (χ1) is 6.26. The highest BCUT2D eigenvalue weighted by atomic mass is 13.9. The van der Waals surface area contributed by atoms with E-state index in [1.54, 1.807) is 12.2 Å². The Labute approximate surface area is 82.7 Å². The third-order valence-electron chi connectivity index (χ3n) is 1.26. The molecule has 0 spiro atoms. The molecular weight excluding hydrogens is 156 g/mol. The Kier molecular flexibility index (Phi) is 11.7. The van der Waals surface area contributed by atoms with Gasteiger partial charge in [-0.3, -0.25) is 0 Å². The Bertz CT molecular complexity index is 214. The van der Waals surface area contributed by atoms with Gasteiger partial charge in [-0.25, -0.2) is 0 Å². The number of hydrogen-bond acceptors (Lipinski definition) is 0. The number of rotatable bonds is 4. The van der Waals surface area contributed by atoms with Gasteiger partial charge in [-0.1, -0.05) is 64.0 Å². The zero-order valence-corrected chi connectivity index (χ0v) is 9.01. The fourth-order valence-electron chi connectivity index (χ4n) is 0.694. The van der Waals surface area contributed by atoms with Crippen molar-refractivity contribution in [3.05, 3.63) is 61.3 Å². The van der Waals surface area contributed by atoms with Crippen molar-refractivity contribution < 1.29 is 0 Å². The van der Waals surface area contributed by atoms with Crippen LogP contribution in [0.2, 0.25) is 0 Å². The second-order valence-electron chi connectivity index (χ2n) is 2.09. The molecule has 13 heavy (non-hydrogen) atoms. The quantitative estimate of drug-likeness (QED) is 0.555. The van der Waals surface area contributed by atoms with Gasteiger partial charge in [0.05, 0.1) is 0 Å². The van der Waals surface area contributed by atoms with E-state index in [9.17, 15) is 0 Å². The van der Waals surface area contributed by atoms with Crippen LogP contribution in [0.4, 0.5) is 0 Å². The van der Waals surface area contributed by atoms with Gasteiger partial charge < -0.3 is 0 Å². The molecule has 0 saturated heterocycles. The first-order valence-electron chi connectivity index (χ1n) is 4.53. The highest BCUT2D eigenvalue weighted by Gasteiger charge is 1.90. The molecule has 0 radical (unpaired) electrons. The number of hydrogen-bond donors (Lipinski definition) is 0. The van der Waals surface area contributed by atoms with Gasteiger partial charge in [0.25, 0.3) is 0 Å². The van der Waals surface area contributed by atoms with E-state index in [0.717, 1.165) is 11.1 Å². The third kappa shape index (κ3) is 7.07. The lowest BCUT2D eigenvalue weighted by Crippen LogP contribution is -1.78. The highest BCUT2D eigenvalue weighted by molar-refractivity contribution is 5.45. The van der Waals surface area contributed by atoms with Gasteiger partial charge in [0.15, 0.2) is 0 Å². The van der Waals surface area contributed by atoms with Gasteiger partial charge in [-0.15, -0.1) is 0 Å². The van der Waals surface area contributed by atoms with Crippen LogP contribution in [0.1, 0.15) is 20.8 Å². The fraction of sp³-hybridized carbons (Fsp3) is 0.231. The maximum Gasteiger partial charge on any atom is -0.0194 e. The zero-order valence-electron chi connectivity index (χ0n) is 9.01. The van der Waals surface area contributed by atoms with Crippen LogP contribution in [0, 0.1) is 0 Å². The monoisotopic (exact) mass is 176 g/mol. The summed E-state index contributed by atoms with van der Waals surface area (Å²) in [6, 6.07) is 0. The summed E-state index contributed by atoms with van der Waals surface area (Å²) < 4.78 is 0. The van der Waals surface area contributed by atoms with Crippen molar-refractivity contribution in [2.24, 2.45) is 0 Å². The van der Waals surface area contributed by atoms with E-state index in [2.05, 4.69) is 19.7 Å². The summed E-state index contributed by atoms with van der Waals surface area (Å²) >= 11 is 0.